The number of aromatic nitrogens is 1. The molecule has 5 heteroatoms. The second-order valence-corrected chi connectivity index (χ2v) is 9.66. The highest BCUT2D eigenvalue weighted by Gasteiger charge is 2.33. The normalized spacial score (nSPS) is 22.9. The van der Waals surface area contributed by atoms with Gasteiger partial charge >= 0.3 is 6.03 Å². The van der Waals surface area contributed by atoms with E-state index < -0.39 is 0 Å². The highest BCUT2D eigenvalue weighted by Crippen LogP contribution is 2.39. The molecule has 0 spiro atoms. The monoisotopic (exact) mass is 411 g/mol. The molecule has 0 aliphatic heterocycles. The van der Waals surface area contributed by atoms with E-state index in [-0.39, 0.29) is 6.03 Å². The number of hydrogen-bond acceptors (Lipinski definition) is 3. The summed E-state index contributed by atoms with van der Waals surface area (Å²) in [5, 5.41) is 5.72. The predicted molar refractivity (Wildman–Crippen MR) is 120 cm³/mol. The molecule has 2 aliphatic carbocycles. The minimum atomic E-state index is -0.00989. The lowest BCUT2D eigenvalue weighted by molar-refractivity contribution is 0.120. The lowest BCUT2D eigenvalue weighted by Gasteiger charge is -2.40. The van der Waals surface area contributed by atoms with Gasteiger partial charge in [-0.3, -0.25) is 5.32 Å². The van der Waals surface area contributed by atoms with E-state index in [1.165, 1.54) is 61.8 Å². The number of benzene rings is 1. The van der Waals surface area contributed by atoms with Gasteiger partial charge in [0.2, 0.25) is 0 Å². The molecule has 4 rings (SSSR count). The number of hydrogen-bond donors (Lipinski definition) is 1. The Bertz CT molecular complexity index is 776. The summed E-state index contributed by atoms with van der Waals surface area (Å²) in [6, 6.07) is 10.7. The van der Waals surface area contributed by atoms with Gasteiger partial charge in [0.15, 0.2) is 5.13 Å². The van der Waals surface area contributed by atoms with E-state index in [1.54, 1.807) is 0 Å². The summed E-state index contributed by atoms with van der Waals surface area (Å²) in [4.78, 5) is 19.7. The molecule has 1 heterocycles. The molecular weight excluding hydrogens is 378 g/mol. The van der Waals surface area contributed by atoms with Gasteiger partial charge in [-0.25, -0.2) is 9.78 Å². The molecule has 29 heavy (non-hydrogen) atoms. The Morgan fingerprint density at radius 2 is 1.72 bits per heavy atom. The van der Waals surface area contributed by atoms with Gasteiger partial charge in [-0.2, -0.15) is 0 Å². The molecule has 0 radical (unpaired) electrons. The number of carbonyl (C=O) groups is 1. The van der Waals surface area contributed by atoms with Crippen molar-refractivity contribution in [2.24, 2.45) is 11.8 Å². The van der Waals surface area contributed by atoms with Crippen LogP contribution in [0.25, 0.3) is 0 Å². The van der Waals surface area contributed by atoms with E-state index >= 15 is 0 Å². The van der Waals surface area contributed by atoms with Crippen molar-refractivity contribution in [1.29, 1.82) is 0 Å². The molecule has 1 aromatic heterocycles. The van der Waals surface area contributed by atoms with Gasteiger partial charge in [0, 0.05) is 18.0 Å². The van der Waals surface area contributed by atoms with Crippen LogP contribution in [0, 0.1) is 18.8 Å². The van der Waals surface area contributed by atoms with E-state index in [1.807, 2.05) is 18.4 Å². The maximum Gasteiger partial charge on any atom is 0.324 e. The fraction of sp³-hybridized carbons (Fsp3) is 0.583. The zero-order valence-corrected chi connectivity index (χ0v) is 18.3. The first kappa shape index (κ1) is 20.4. The second-order valence-electron chi connectivity index (χ2n) is 8.80. The third-order valence-electron chi connectivity index (χ3n) is 6.79. The summed E-state index contributed by atoms with van der Waals surface area (Å²) in [6.07, 6.45) is 11.9. The third kappa shape index (κ3) is 5.39. The number of rotatable bonds is 5. The van der Waals surface area contributed by atoms with Gasteiger partial charge < -0.3 is 4.90 Å². The minimum absolute atomic E-state index is 0.00989. The van der Waals surface area contributed by atoms with Crippen LogP contribution in [-0.2, 0) is 6.54 Å². The number of thiazole rings is 1. The van der Waals surface area contributed by atoms with Crippen molar-refractivity contribution in [3.05, 3.63) is 47.0 Å². The van der Waals surface area contributed by atoms with E-state index in [0.717, 1.165) is 30.4 Å². The second kappa shape index (κ2) is 9.75. The number of amides is 2. The summed E-state index contributed by atoms with van der Waals surface area (Å²) < 4.78 is 0. The topological polar surface area (TPSA) is 45.2 Å². The molecule has 2 fully saturated rings. The molecule has 156 valence electrons. The van der Waals surface area contributed by atoms with Crippen molar-refractivity contribution in [1.82, 2.24) is 9.88 Å². The van der Waals surface area contributed by atoms with E-state index in [0.29, 0.717) is 17.7 Å². The molecule has 0 bridgehead atoms. The minimum Gasteiger partial charge on any atom is -0.317 e. The maximum atomic E-state index is 13.2. The zero-order chi connectivity index (χ0) is 20.1. The number of nitrogens with one attached hydrogen (secondary N) is 1. The molecule has 2 aromatic rings. The SMILES string of the molecule is Cc1csc(NC(=O)N(Cc2ccccc2)[C@H]2CC[C@@H](C3CCCCC3)CC2)n1. The Labute approximate surface area is 178 Å². The summed E-state index contributed by atoms with van der Waals surface area (Å²) in [5.74, 6) is 1.80. The number of nitrogens with zero attached hydrogens (tertiary/aromatic N) is 2. The molecule has 2 aliphatic rings. The number of anilines is 1. The van der Waals surface area contributed by atoms with Gasteiger partial charge in [-0.15, -0.1) is 11.3 Å². The highest BCUT2D eigenvalue weighted by molar-refractivity contribution is 7.13. The van der Waals surface area contributed by atoms with E-state index in [9.17, 15) is 4.79 Å². The largest absolute Gasteiger partial charge is 0.324 e. The first-order valence-corrected chi connectivity index (χ1v) is 12.1. The molecule has 1 aromatic carbocycles. The van der Waals surface area contributed by atoms with Crippen LogP contribution in [0.4, 0.5) is 9.93 Å². The number of aryl methyl sites for hydroxylation is 1. The van der Waals surface area contributed by atoms with Crippen LogP contribution in [0.3, 0.4) is 0 Å². The van der Waals surface area contributed by atoms with Crippen LogP contribution in [0.2, 0.25) is 0 Å². The van der Waals surface area contributed by atoms with Crippen molar-refractivity contribution in [3.8, 4) is 0 Å². The molecule has 4 nitrogen and oxygen atoms in total. The summed E-state index contributed by atoms with van der Waals surface area (Å²) in [5.41, 5.74) is 2.14. The Kier molecular flexibility index (Phi) is 6.86. The quantitative estimate of drug-likeness (QED) is 0.600. The Morgan fingerprint density at radius 3 is 2.38 bits per heavy atom. The van der Waals surface area contributed by atoms with Crippen LogP contribution in [0.1, 0.15) is 69.0 Å². The van der Waals surface area contributed by atoms with Gasteiger partial charge in [0.1, 0.15) is 0 Å². The first-order valence-electron chi connectivity index (χ1n) is 11.2. The first-order chi connectivity index (χ1) is 14.2. The van der Waals surface area contributed by atoms with Gasteiger partial charge in [-0.1, -0.05) is 62.4 Å². The predicted octanol–water partition coefficient (Wildman–Crippen LogP) is 6.62. The molecular formula is C24H33N3OS. The van der Waals surface area contributed by atoms with Gasteiger partial charge in [0.05, 0.1) is 5.69 Å². The lowest BCUT2D eigenvalue weighted by Crippen LogP contribution is -2.44. The fourth-order valence-corrected chi connectivity index (χ4v) is 5.89. The molecule has 2 amide bonds. The van der Waals surface area contributed by atoms with E-state index in [2.05, 4.69) is 39.5 Å². The van der Waals surface area contributed by atoms with Crippen LogP contribution in [0.15, 0.2) is 35.7 Å². The average Bonchev–Trinajstić information content (AvgIpc) is 3.18. The standard InChI is InChI=1S/C24H33N3OS/c1-18-17-29-23(25-18)26-24(28)27(16-19-8-4-2-5-9-19)22-14-12-21(13-15-22)20-10-6-3-7-11-20/h2,4-5,8-9,17,20-22H,3,6-7,10-16H2,1H3,(H,25,26,28)/t21-,22+. The number of carbonyl (C=O) groups excluding carboxylic acids is 1. The Morgan fingerprint density at radius 1 is 1.03 bits per heavy atom. The maximum absolute atomic E-state index is 13.2. The molecule has 0 atom stereocenters. The van der Waals surface area contributed by atoms with Crippen molar-refractivity contribution in [2.75, 3.05) is 5.32 Å². The van der Waals surface area contributed by atoms with Crippen LogP contribution in [-0.4, -0.2) is 22.0 Å². The molecule has 0 unspecified atom stereocenters. The van der Waals surface area contributed by atoms with Crippen LogP contribution in [0.5, 0.6) is 0 Å². The fourth-order valence-electron chi connectivity index (χ4n) is 5.21. The summed E-state index contributed by atoms with van der Waals surface area (Å²) in [6.45, 7) is 2.62. The Hall–Kier alpha value is -1.88. The highest BCUT2D eigenvalue weighted by atomic mass is 32.1. The van der Waals surface area contributed by atoms with E-state index in [4.69, 9.17) is 0 Å². The summed E-state index contributed by atoms with van der Waals surface area (Å²) in [7, 11) is 0. The lowest BCUT2D eigenvalue weighted by atomic mass is 9.72. The average molecular weight is 412 g/mol. The third-order valence-corrected chi connectivity index (χ3v) is 7.66. The smallest absolute Gasteiger partial charge is 0.317 e. The van der Waals surface area contributed by atoms with Crippen molar-refractivity contribution >= 4 is 22.5 Å². The van der Waals surface area contributed by atoms with Crippen LogP contribution >= 0.6 is 11.3 Å². The van der Waals surface area contributed by atoms with Crippen molar-refractivity contribution < 1.29 is 4.79 Å². The number of urea groups is 1. The summed E-state index contributed by atoms with van der Waals surface area (Å²) >= 11 is 1.50. The zero-order valence-electron chi connectivity index (χ0n) is 17.5. The van der Waals surface area contributed by atoms with Crippen molar-refractivity contribution in [2.45, 2.75) is 77.3 Å². The molecule has 2 saturated carbocycles. The van der Waals surface area contributed by atoms with Crippen molar-refractivity contribution in [3.63, 3.8) is 0 Å². The molecule has 0 saturated heterocycles. The Balaban J connectivity index is 1.42. The van der Waals surface area contributed by atoms with Crippen LogP contribution < -0.4 is 5.32 Å². The van der Waals surface area contributed by atoms with Gasteiger partial charge in [-0.05, 0) is 50.0 Å². The molecule has 1 N–H and O–H groups in total. The van der Waals surface area contributed by atoms with Gasteiger partial charge in [0.25, 0.3) is 0 Å².